The molecule has 0 fully saturated rings. The van der Waals surface area contributed by atoms with E-state index in [9.17, 15) is 9.59 Å². The van der Waals surface area contributed by atoms with E-state index in [2.05, 4.69) is 15.6 Å². The lowest BCUT2D eigenvalue weighted by molar-refractivity contribution is -0.122. The lowest BCUT2D eigenvalue weighted by Gasteiger charge is -2.16. The summed E-state index contributed by atoms with van der Waals surface area (Å²) in [5.74, 6) is -0.370. The highest BCUT2D eigenvalue weighted by molar-refractivity contribution is 6.35. The van der Waals surface area contributed by atoms with Gasteiger partial charge in [0.1, 0.15) is 12.1 Å². The van der Waals surface area contributed by atoms with E-state index in [4.69, 9.17) is 23.2 Å². The summed E-state index contributed by atoms with van der Waals surface area (Å²) in [6.07, 6.45) is 0. The molecule has 6 nitrogen and oxygen atoms in total. The van der Waals surface area contributed by atoms with Crippen molar-refractivity contribution >= 4 is 40.0 Å². The van der Waals surface area contributed by atoms with Crippen molar-refractivity contribution in [1.29, 1.82) is 0 Å². The van der Waals surface area contributed by atoms with Gasteiger partial charge >= 0.3 is 0 Å². The van der Waals surface area contributed by atoms with Crippen LogP contribution in [0.5, 0.6) is 0 Å². The van der Waals surface area contributed by atoms with Crippen LogP contribution in [0.1, 0.15) is 18.5 Å². The van der Waals surface area contributed by atoms with Crippen molar-refractivity contribution in [3.63, 3.8) is 0 Å². The van der Waals surface area contributed by atoms with Crippen molar-refractivity contribution in [2.24, 2.45) is 0 Å². The fourth-order valence-electron chi connectivity index (χ4n) is 2.48. The number of hydrogen-bond acceptors (Lipinski definition) is 4. The Hall–Kier alpha value is -2.44. The second kappa shape index (κ2) is 7.21. The smallest absolute Gasteiger partial charge is 0.278 e. The first-order chi connectivity index (χ1) is 12.0. The summed E-state index contributed by atoms with van der Waals surface area (Å²) in [5.41, 5.74) is 0.861. The number of amides is 1. The molecule has 0 aliphatic carbocycles. The SMILES string of the molecule is CC(NC(=O)Cn1nnc2ccccc2c1=O)c1ccc(Cl)cc1Cl. The lowest BCUT2D eigenvalue weighted by Crippen LogP contribution is -2.35. The zero-order valence-electron chi connectivity index (χ0n) is 13.2. The highest BCUT2D eigenvalue weighted by Gasteiger charge is 2.15. The van der Waals surface area contributed by atoms with Crippen LogP contribution in [0, 0.1) is 0 Å². The molecule has 1 N–H and O–H groups in total. The minimum atomic E-state index is -0.370. The molecule has 0 radical (unpaired) electrons. The number of benzene rings is 2. The Balaban J connectivity index is 1.76. The van der Waals surface area contributed by atoms with E-state index in [0.29, 0.717) is 20.9 Å². The molecule has 0 bridgehead atoms. The molecule has 0 aliphatic heterocycles. The van der Waals surface area contributed by atoms with E-state index in [1.807, 2.05) is 0 Å². The molecule has 1 heterocycles. The number of hydrogen-bond donors (Lipinski definition) is 1. The summed E-state index contributed by atoms with van der Waals surface area (Å²) >= 11 is 12.0. The average Bonchev–Trinajstić information content (AvgIpc) is 2.57. The number of rotatable bonds is 4. The van der Waals surface area contributed by atoms with E-state index < -0.39 is 0 Å². The molecule has 128 valence electrons. The maximum atomic E-state index is 12.4. The molecule has 1 aromatic heterocycles. The molecule has 8 heteroatoms. The van der Waals surface area contributed by atoms with E-state index in [1.165, 1.54) is 0 Å². The van der Waals surface area contributed by atoms with E-state index in [1.54, 1.807) is 49.4 Å². The van der Waals surface area contributed by atoms with Crippen molar-refractivity contribution in [3.05, 3.63) is 68.4 Å². The van der Waals surface area contributed by atoms with Gasteiger partial charge < -0.3 is 5.32 Å². The predicted octanol–water partition coefficient (Wildman–Crippen LogP) is 2.98. The molecular formula is C17H14Cl2N4O2. The minimum absolute atomic E-state index is 0.230. The molecule has 1 amide bonds. The fraction of sp³-hybridized carbons (Fsp3) is 0.176. The molecular weight excluding hydrogens is 363 g/mol. The number of nitrogens with one attached hydrogen (secondary N) is 1. The number of fused-ring (bicyclic) bond motifs is 1. The molecule has 0 aliphatic rings. The molecule has 3 rings (SSSR count). The van der Waals surface area contributed by atoms with Crippen molar-refractivity contribution < 1.29 is 4.79 Å². The van der Waals surface area contributed by atoms with Gasteiger partial charge in [0.25, 0.3) is 5.56 Å². The first-order valence-corrected chi connectivity index (χ1v) is 8.28. The van der Waals surface area contributed by atoms with E-state index >= 15 is 0 Å². The number of aromatic nitrogens is 3. The monoisotopic (exact) mass is 376 g/mol. The van der Waals surface area contributed by atoms with Crippen LogP contribution in [0.2, 0.25) is 10.0 Å². The number of carbonyl (C=O) groups excluding carboxylic acids is 1. The summed E-state index contributed by atoms with van der Waals surface area (Å²) in [6.45, 7) is 1.56. The van der Waals surface area contributed by atoms with Crippen LogP contribution in [0.25, 0.3) is 10.9 Å². The second-order valence-corrected chi connectivity index (χ2v) is 6.37. The Morgan fingerprint density at radius 2 is 2.00 bits per heavy atom. The topological polar surface area (TPSA) is 76.9 Å². The Morgan fingerprint density at radius 3 is 2.76 bits per heavy atom. The average molecular weight is 377 g/mol. The van der Waals surface area contributed by atoms with Crippen LogP contribution >= 0.6 is 23.2 Å². The van der Waals surface area contributed by atoms with E-state index in [0.717, 1.165) is 10.2 Å². The van der Waals surface area contributed by atoms with Crippen molar-refractivity contribution in [2.45, 2.75) is 19.5 Å². The van der Waals surface area contributed by atoms with Gasteiger partial charge in [-0.05, 0) is 36.8 Å². The highest BCUT2D eigenvalue weighted by Crippen LogP contribution is 2.25. The fourth-order valence-corrected chi connectivity index (χ4v) is 3.05. The van der Waals surface area contributed by atoms with Crippen LogP contribution in [-0.2, 0) is 11.3 Å². The van der Waals surface area contributed by atoms with Gasteiger partial charge in [-0.3, -0.25) is 9.59 Å². The van der Waals surface area contributed by atoms with Gasteiger partial charge in [-0.2, -0.15) is 0 Å². The first-order valence-electron chi connectivity index (χ1n) is 7.52. The summed E-state index contributed by atoms with van der Waals surface area (Å²) in [4.78, 5) is 24.6. The van der Waals surface area contributed by atoms with Gasteiger partial charge in [-0.1, -0.05) is 46.6 Å². The van der Waals surface area contributed by atoms with Crippen LogP contribution in [0.4, 0.5) is 0 Å². The van der Waals surface area contributed by atoms with Crippen molar-refractivity contribution in [3.8, 4) is 0 Å². The maximum Gasteiger partial charge on any atom is 0.278 e. The number of carbonyl (C=O) groups is 1. The first kappa shape index (κ1) is 17.4. The third kappa shape index (κ3) is 3.81. The van der Waals surface area contributed by atoms with Crippen LogP contribution in [0.3, 0.4) is 0 Å². The summed E-state index contributed by atoms with van der Waals surface area (Å²) < 4.78 is 1.04. The number of halogens is 2. The van der Waals surface area contributed by atoms with Crippen molar-refractivity contribution in [1.82, 2.24) is 20.3 Å². The molecule has 0 saturated carbocycles. The van der Waals surface area contributed by atoms with Crippen LogP contribution < -0.4 is 10.9 Å². The third-order valence-electron chi connectivity index (χ3n) is 3.73. The molecule has 25 heavy (non-hydrogen) atoms. The van der Waals surface area contributed by atoms with E-state index in [-0.39, 0.29) is 24.1 Å². The normalized spacial score (nSPS) is 12.1. The molecule has 2 aromatic carbocycles. The van der Waals surface area contributed by atoms with Gasteiger partial charge in [0, 0.05) is 10.0 Å². The van der Waals surface area contributed by atoms with Crippen LogP contribution in [0.15, 0.2) is 47.3 Å². The lowest BCUT2D eigenvalue weighted by atomic mass is 10.1. The Kier molecular flexibility index (Phi) is 5.01. The Bertz CT molecular complexity index is 1000. The van der Waals surface area contributed by atoms with Gasteiger partial charge in [0.2, 0.25) is 5.91 Å². The van der Waals surface area contributed by atoms with Gasteiger partial charge in [-0.15, -0.1) is 5.10 Å². The molecule has 1 atom stereocenters. The van der Waals surface area contributed by atoms with Gasteiger partial charge in [-0.25, -0.2) is 4.68 Å². The Labute approximate surface area is 153 Å². The number of nitrogens with zero attached hydrogens (tertiary/aromatic N) is 3. The largest absolute Gasteiger partial charge is 0.348 e. The Morgan fingerprint density at radius 1 is 1.24 bits per heavy atom. The molecule has 0 saturated heterocycles. The standard InChI is InChI=1S/C17H14Cl2N4O2/c1-10(12-7-6-11(18)8-14(12)19)20-16(24)9-23-17(25)13-4-2-3-5-15(13)21-22-23/h2-8,10H,9H2,1H3,(H,20,24). The zero-order valence-corrected chi connectivity index (χ0v) is 14.8. The van der Waals surface area contributed by atoms with Gasteiger partial charge in [0.05, 0.1) is 11.4 Å². The third-order valence-corrected chi connectivity index (χ3v) is 4.29. The summed E-state index contributed by atoms with van der Waals surface area (Å²) in [7, 11) is 0. The maximum absolute atomic E-state index is 12.4. The molecule has 3 aromatic rings. The predicted molar refractivity (Wildman–Crippen MR) is 96.8 cm³/mol. The van der Waals surface area contributed by atoms with Crippen LogP contribution in [-0.4, -0.2) is 20.9 Å². The zero-order chi connectivity index (χ0) is 18.0. The van der Waals surface area contributed by atoms with Gasteiger partial charge in [0.15, 0.2) is 0 Å². The van der Waals surface area contributed by atoms with Crippen molar-refractivity contribution in [2.75, 3.05) is 0 Å². The summed E-state index contributed by atoms with van der Waals surface area (Å²) in [5, 5.41) is 11.9. The highest BCUT2D eigenvalue weighted by atomic mass is 35.5. The summed E-state index contributed by atoms with van der Waals surface area (Å²) in [6, 6.07) is 11.6. The minimum Gasteiger partial charge on any atom is -0.348 e. The molecule has 0 spiro atoms. The second-order valence-electron chi connectivity index (χ2n) is 5.52. The quantitative estimate of drug-likeness (QED) is 0.759. The molecule has 1 unspecified atom stereocenters.